The maximum absolute atomic E-state index is 9.17. The summed E-state index contributed by atoms with van der Waals surface area (Å²) in [7, 11) is 0. The maximum Gasteiger partial charge on any atom is 0.0672 e. The van der Waals surface area contributed by atoms with Gasteiger partial charge in [0.1, 0.15) is 0 Å². The Bertz CT molecular complexity index is 253. The summed E-state index contributed by atoms with van der Waals surface area (Å²) in [6.45, 7) is 2.49. The molecule has 1 aliphatic heterocycles. The van der Waals surface area contributed by atoms with Crippen LogP contribution in [0.15, 0.2) is 0 Å². The van der Waals surface area contributed by atoms with E-state index in [1.54, 1.807) is 0 Å². The van der Waals surface area contributed by atoms with Crippen LogP contribution in [0, 0.1) is 23.2 Å². The number of likely N-dealkylation sites (tertiary alicyclic amines) is 1. The topological polar surface area (TPSA) is 47.3 Å². The molecule has 3 heteroatoms. The first-order valence-electron chi connectivity index (χ1n) is 6.59. The van der Waals surface area contributed by atoms with Crippen LogP contribution >= 0.6 is 0 Å². The van der Waals surface area contributed by atoms with E-state index in [4.69, 9.17) is 5.11 Å². The minimum atomic E-state index is 0.249. The van der Waals surface area contributed by atoms with Gasteiger partial charge in [-0.3, -0.25) is 4.90 Å². The Morgan fingerprint density at radius 3 is 2.44 bits per heavy atom. The van der Waals surface area contributed by atoms with Crippen molar-refractivity contribution in [3.05, 3.63) is 0 Å². The smallest absolute Gasteiger partial charge is 0.0672 e. The molecule has 2 fully saturated rings. The van der Waals surface area contributed by atoms with Gasteiger partial charge in [-0.05, 0) is 44.7 Å². The van der Waals surface area contributed by atoms with E-state index in [0.29, 0.717) is 18.6 Å². The molecule has 16 heavy (non-hydrogen) atoms. The van der Waals surface area contributed by atoms with Gasteiger partial charge < -0.3 is 5.11 Å². The molecule has 2 rings (SSSR count). The fraction of sp³-hybridized carbons (Fsp3) is 0.923. The van der Waals surface area contributed by atoms with Crippen molar-refractivity contribution in [3.63, 3.8) is 0 Å². The fourth-order valence-corrected chi connectivity index (χ4v) is 3.17. The number of nitrogens with zero attached hydrogens (tertiary/aromatic N) is 2. The SMILES string of the molecule is N#CC1CCCCC1N1CCC(CO)CC1. The fourth-order valence-electron chi connectivity index (χ4n) is 3.17. The highest BCUT2D eigenvalue weighted by Crippen LogP contribution is 2.30. The lowest BCUT2D eigenvalue weighted by molar-refractivity contribution is 0.0683. The Morgan fingerprint density at radius 1 is 1.12 bits per heavy atom. The van der Waals surface area contributed by atoms with E-state index < -0.39 is 0 Å². The van der Waals surface area contributed by atoms with Crippen molar-refractivity contribution in [2.75, 3.05) is 19.7 Å². The average molecular weight is 222 g/mol. The molecular weight excluding hydrogens is 200 g/mol. The van der Waals surface area contributed by atoms with Crippen molar-refractivity contribution in [2.45, 2.75) is 44.6 Å². The second kappa shape index (κ2) is 5.65. The number of aliphatic hydroxyl groups is 1. The first-order chi connectivity index (χ1) is 7.85. The number of rotatable bonds is 2. The predicted molar refractivity (Wildman–Crippen MR) is 62.7 cm³/mol. The normalized spacial score (nSPS) is 33.5. The lowest BCUT2D eigenvalue weighted by Crippen LogP contribution is -2.46. The van der Waals surface area contributed by atoms with E-state index in [1.165, 1.54) is 19.3 Å². The molecule has 1 saturated heterocycles. The molecule has 0 bridgehead atoms. The number of hydrogen-bond donors (Lipinski definition) is 1. The number of hydrogen-bond acceptors (Lipinski definition) is 3. The summed E-state index contributed by atoms with van der Waals surface area (Å²) in [5.74, 6) is 0.750. The molecule has 0 radical (unpaired) electrons. The van der Waals surface area contributed by atoms with Gasteiger partial charge >= 0.3 is 0 Å². The Morgan fingerprint density at radius 2 is 1.81 bits per heavy atom. The maximum atomic E-state index is 9.17. The van der Waals surface area contributed by atoms with Crippen LogP contribution in [0.1, 0.15) is 38.5 Å². The predicted octanol–water partition coefficient (Wildman–Crippen LogP) is 1.77. The quantitative estimate of drug-likeness (QED) is 0.774. The first kappa shape index (κ1) is 11.9. The minimum Gasteiger partial charge on any atom is -0.396 e. The summed E-state index contributed by atoms with van der Waals surface area (Å²) in [6.07, 6.45) is 6.99. The molecule has 1 N–H and O–H groups in total. The zero-order chi connectivity index (χ0) is 11.4. The third-order valence-corrected chi connectivity index (χ3v) is 4.27. The second-order valence-electron chi connectivity index (χ2n) is 5.25. The van der Waals surface area contributed by atoms with Crippen molar-refractivity contribution in [2.24, 2.45) is 11.8 Å². The Kier molecular flexibility index (Phi) is 4.20. The molecule has 0 aromatic carbocycles. The molecule has 1 aliphatic carbocycles. The van der Waals surface area contributed by atoms with Crippen molar-refractivity contribution in [1.82, 2.24) is 4.90 Å². The van der Waals surface area contributed by atoms with Gasteiger partial charge in [-0.1, -0.05) is 12.8 Å². The molecule has 0 aromatic heterocycles. The Balaban J connectivity index is 1.89. The minimum absolute atomic E-state index is 0.249. The summed E-state index contributed by atoms with van der Waals surface area (Å²) in [5, 5.41) is 18.3. The van der Waals surface area contributed by atoms with Crippen LogP contribution in [0.4, 0.5) is 0 Å². The van der Waals surface area contributed by atoms with E-state index in [0.717, 1.165) is 32.4 Å². The standard InChI is InChI=1S/C13H22N2O/c14-9-12-3-1-2-4-13(12)15-7-5-11(10-16)6-8-15/h11-13,16H,1-8,10H2. The van der Waals surface area contributed by atoms with Crippen molar-refractivity contribution >= 4 is 0 Å². The van der Waals surface area contributed by atoms with Crippen LogP contribution in [-0.4, -0.2) is 35.7 Å². The van der Waals surface area contributed by atoms with Crippen molar-refractivity contribution in [1.29, 1.82) is 5.26 Å². The molecule has 0 aromatic rings. The lowest BCUT2D eigenvalue weighted by atomic mass is 9.83. The van der Waals surface area contributed by atoms with Gasteiger partial charge in [0.2, 0.25) is 0 Å². The zero-order valence-electron chi connectivity index (χ0n) is 9.94. The monoisotopic (exact) mass is 222 g/mol. The highest BCUT2D eigenvalue weighted by Gasteiger charge is 2.32. The molecule has 3 nitrogen and oxygen atoms in total. The van der Waals surface area contributed by atoms with E-state index in [1.807, 2.05) is 0 Å². The summed E-state index contributed by atoms with van der Waals surface area (Å²) in [4.78, 5) is 2.50. The Hall–Kier alpha value is -0.590. The average Bonchev–Trinajstić information content (AvgIpc) is 2.39. The summed E-state index contributed by atoms with van der Waals surface area (Å²) < 4.78 is 0. The van der Waals surface area contributed by atoms with Gasteiger partial charge in [-0.15, -0.1) is 0 Å². The third kappa shape index (κ3) is 2.56. The molecule has 1 heterocycles. The largest absolute Gasteiger partial charge is 0.396 e. The molecule has 90 valence electrons. The van der Waals surface area contributed by atoms with Crippen LogP contribution in [-0.2, 0) is 0 Å². The van der Waals surface area contributed by atoms with Crippen LogP contribution in [0.25, 0.3) is 0 Å². The molecule has 0 spiro atoms. The zero-order valence-corrected chi connectivity index (χ0v) is 9.94. The van der Waals surface area contributed by atoms with Crippen molar-refractivity contribution < 1.29 is 5.11 Å². The highest BCUT2D eigenvalue weighted by atomic mass is 16.3. The molecule has 2 atom stereocenters. The molecule has 2 aliphatic rings. The van der Waals surface area contributed by atoms with Gasteiger partial charge in [0.15, 0.2) is 0 Å². The summed E-state index contributed by atoms with van der Waals surface area (Å²) in [5.41, 5.74) is 0. The van der Waals surface area contributed by atoms with Gasteiger partial charge in [0.05, 0.1) is 12.0 Å². The summed E-state index contributed by atoms with van der Waals surface area (Å²) >= 11 is 0. The van der Waals surface area contributed by atoms with Gasteiger partial charge in [-0.2, -0.15) is 5.26 Å². The van der Waals surface area contributed by atoms with E-state index >= 15 is 0 Å². The third-order valence-electron chi connectivity index (χ3n) is 4.27. The van der Waals surface area contributed by atoms with E-state index in [-0.39, 0.29) is 5.92 Å². The lowest BCUT2D eigenvalue weighted by Gasteiger charge is -2.41. The number of nitriles is 1. The van der Waals surface area contributed by atoms with Crippen LogP contribution in [0.5, 0.6) is 0 Å². The summed E-state index contributed by atoms with van der Waals surface area (Å²) in [6, 6.07) is 2.98. The van der Waals surface area contributed by atoms with E-state index in [2.05, 4.69) is 11.0 Å². The molecule has 2 unspecified atom stereocenters. The van der Waals surface area contributed by atoms with Gasteiger partial charge in [0, 0.05) is 12.6 Å². The molecule has 0 amide bonds. The number of piperidine rings is 1. The van der Waals surface area contributed by atoms with Crippen LogP contribution < -0.4 is 0 Å². The number of aliphatic hydroxyl groups excluding tert-OH is 1. The Labute approximate surface area is 98.1 Å². The first-order valence-corrected chi connectivity index (χ1v) is 6.59. The van der Waals surface area contributed by atoms with Crippen LogP contribution in [0.2, 0.25) is 0 Å². The molecular formula is C13H22N2O. The van der Waals surface area contributed by atoms with E-state index in [9.17, 15) is 5.26 Å². The van der Waals surface area contributed by atoms with Gasteiger partial charge in [-0.25, -0.2) is 0 Å². The molecule has 1 saturated carbocycles. The highest BCUT2D eigenvalue weighted by molar-refractivity contribution is 4.96. The van der Waals surface area contributed by atoms with Gasteiger partial charge in [0.25, 0.3) is 0 Å². The second-order valence-corrected chi connectivity index (χ2v) is 5.25. The van der Waals surface area contributed by atoms with Crippen LogP contribution in [0.3, 0.4) is 0 Å². The van der Waals surface area contributed by atoms with Crippen molar-refractivity contribution in [3.8, 4) is 6.07 Å².